The number of hydrogen-bond donors (Lipinski definition) is 0. The third-order valence-corrected chi connectivity index (χ3v) is 3.43. The molecule has 1 heterocycles. The molecule has 0 fully saturated rings. The Labute approximate surface area is 124 Å². The van der Waals surface area contributed by atoms with E-state index in [1.165, 1.54) is 23.7 Å². The van der Waals surface area contributed by atoms with Gasteiger partial charge in [0.2, 0.25) is 0 Å². The van der Waals surface area contributed by atoms with Crippen LogP contribution in [0.15, 0.2) is 35.7 Å². The van der Waals surface area contributed by atoms with E-state index in [2.05, 4.69) is 47.9 Å². The van der Waals surface area contributed by atoms with Gasteiger partial charge in [-0.25, -0.2) is 15.0 Å². The van der Waals surface area contributed by atoms with Gasteiger partial charge in [-0.2, -0.15) is 0 Å². The molecule has 0 spiro atoms. The number of rotatable bonds is 4. The van der Waals surface area contributed by atoms with Gasteiger partial charge in [0.1, 0.15) is 18.7 Å². The largest absolute Gasteiger partial charge is 0.486 e. The Balaban J connectivity index is 2.00. The summed E-state index contributed by atoms with van der Waals surface area (Å²) in [5.74, 6) is 1.47. The molecule has 0 amide bonds. The second-order valence-corrected chi connectivity index (χ2v) is 6.22. The molecule has 0 aliphatic rings. The van der Waals surface area contributed by atoms with Crippen molar-refractivity contribution in [3.05, 3.63) is 42.0 Å². The Kier molecular flexibility index (Phi) is 4.60. The van der Waals surface area contributed by atoms with Crippen molar-refractivity contribution in [2.24, 2.45) is 0 Å². The monoisotopic (exact) mass is 289 g/mol. The van der Waals surface area contributed by atoms with Crippen LogP contribution >= 0.6 is 11.8 Å². The lowest BCUT2D eigenvalue weighted by Gasteiger charge is -2.19. The second kappa shape index (κ2) is 6.22. The topological polar surface area (TPSA) is 47.9 Å². The fourth-order valence-corrected chi connectivity index (χ4v) is 2.03. The van der Waals surface area contributed by atoms with E-state index in [0.717, 1.165) is 5.75 Å². The van der Waals surface area contributed by atoms with Crippen LogP contribution < -0.4 is 4.74 Å². The number of thioether (sulfide) groups is 1. The van der Waals surface area contributed by atoms with E-state index in [9.17, 15) is 0 Å². The molecular weight excluding hydrogens is 270 g/mol. The lowest BCUT2D eigenvalue weighted by atomic mass is 9.87. The average molecular weight is 289 g/mol. The lowest BCUT2D eigenvalue weighted by molar-refractivity contribution is 0.293. The van der Waals surface area contributed by atoms with E-state index in [-0.39, 0.29) is 5.41 Å². The molecule has 1 aromatic heterocycles. The molecule has 106 valence electrons. The summed E-state index contributed by atoms with van der Waals surface area (Å²) in [6.07, 6.45) is 3.45. The summed E-state index contributed by atoms with van der Waals surface area (Å²) in [5, 5.41) is 0.710. The van der Waals surface area contributed by atoms with Crippen molar-refractivity contribution < 1.29 is 4.74 Å². The molecule has 0 saturated carbocycles. The third-order valence-electron chi connectivity index (χ3n) is 2.87. The molecular formula is C15H19N3OS. The molecule has 1 aromatic carbocycles. The lowest BCUT2D eigenvalue weighted by Crippen LogP contribution is -2.10. The molecule has 0 aliphatic carbocycles. The maximum absolute atomic E-state index is 5.70. The highest BCUT2D eigenvalue weighted by molar-refractivity contribution is 7.98. The van der Waals surface area contributed by atoms with Crippen LogP contribution in [0.2, 0.25) is 0 Å². The summed E-state index contributed by atoms with van der Waals surface area (Å²) in [4.78, 5) is 12.4. The summed E-state index contributed by atoms with van der Waals surface area (Å²) < 4.78 is 5.70. The van der Waals surface area contributed by atoms with E-state index in [1.54, 1.807) is 0 Å². The minimum absolute atomic E-state index is 0.153. The van der Waals surface area contributed by atoms with E-state index in [0.29, 0.717) is 17.6 Å². The van der Waals surface area contributed by atoms with Gasteiger partial charge in [-0.15, -0.1) is 0 Å². The van der Waals surface area contributed by atoms with E-state index in [4.69, 9.17) is 4.74 Å². The van der Waals surface area contributed by atoms with Crippen LogP contribution in [0.3, 0.4) is 0 Å². The Hall–Kier alpha value is -1.62. The zero-order chi connectivity index (χ0) is 14.6. The highest BCUT2D eigenvalue weighted by atomic mass is 32.2. The predicted octanol–water partition coefficient (Wildman–Crippen LogP) is 3.47. The average Bonchev–Trinajstić information content (AvgIpc) is 2.45. The normalized spacial score (nSPS) is 11.4. The number of nitrogens with zero attached hydrogens (tertiary/aromatic N) is 3. The van der Waals surface area contributed by atoms with Gasteiger partial charge in [0.25, 0.3) is 0 Å². The standard InChI is InChI=1S/C15H19N3OS/c1-15(2,3)11-5-7-12(8-6-11)19-9-13-16-10-17-14(18-13)20-4/h5-8,10H,9H2,1-4H3. The molecule has 2 aromatic rings. The Morgan fingerprint density at radius 2 is 1.80 bits per heavy atom. The minimum atomic E-state index is 0.153. The van der Waals surface area contributed by atoms with Crippen LogP contribution in [-0.4, -0.2) is 21.2 Å². The molecule has 0 radical (unpaired) electrons. The minimum Gasteiger partial charge on any atom is -0.486 e. The summed E-state index contributed by atoms with van der Waals surface area (Å²) in [5.41, 5.74) is 1.44. The van der Waals surface area contributed by atoms with Crippen molar-refractivity contribution in [2.75, 3.05) is 6.26 Å². The Morgan fingerprint density at radius 1 is 1.10 bits per heavy atom. The maximum Gasteiger partial charge on any atom is 0.190 e. The first kappa shape index (κ1) is 14.8. The van der Waals surface area contributed by atoms with Crippen LogP contribution in [0, 0.1) is 0 Å². The first-order valence-electron chi connectivity index (χ1n) is 6.44. The van der Waals surface area contributed by atoms with Crippen molar-refractivity contribution in [3.8, 4) is 5.75 Å². The first-order valence-corrected chi connectivity index (χ1v) is 7.67. The van der Waals surface area contributed by atoms with Crippen LogP contribution in [0.1, 0.15) is 32.2 Å². The molecule has 20 heavy (non-hydrogen) atoms. The quantitative estimate of drug-likeness (QED) is 0.807. The molecule has 0 bridgehead atoms. The van der Waals surface area contributed by atoms with Crippen molar-refractivity contribution in [1.29, 1.82) is 0 Å². The Bertz CT molecular complexity index is 564. The van der Waals surface area contributed by atoms with Crippen molar-refractivity contribution in [1.82, 2.24) is 15.0 Å². The van der Waals surface area contributed by atoms with Gasteiger partial charge >= 0.3 is 0 Å². The van der Waals surface area contributed by atoms with E-state index < -0.39 is 0 Å². The summed E-state index contributed by atoms with van der Waals surface area (Å²) in [6, 6.07) is 8.15. The van der Waals surface area contributed by atoms with E-state index in [1.807, 2.05) is 18.4 Å². The van der Waals surface area contributed by atoms with Gasteiger partial charge in [-0.3, -0.25) is 0 Å². The number of benzene rings is 1. The second-order valence-electron chi connectivity index (χ2n) is 5.45. The van der Waals surface area contributed by atoms with Gasteiger partial charge in [-0.05, 0) is 29.4 Å². The molecule has 2 rings (SSSR count). The summed E-state index contributed by atoms with van der Waals surface area (Å²) in [7, 11) is 0. The zero-order valence-corrected chi connectivity index (χ0v) is 13.1. The number of ether oxygens (including phenoxy) is 1. The third kappa shape index (κ3) is 3.93. The maximum atomic E-state index is 5.70. The highest BCUT2D eigenvalue weighted by Gasteiger charge is 2.13. The van der Waals surface area contributed by atoms with Crippen molar-refractivity contribution in [3.63, 3.8) is 0 Å². The predicted molar refractivity (Wildman–Crippen MR) is 81.1 cm³/mol. The number of hydrogen-bond acceptors (Lipinski definition) is 5. The summed E-state index contributed by atoms with van der Waals surface area (Å²) in [6.45, 7) is 6.93. The molecule has 5 heteroatoms. The molecule has 4 nitrogen and oxygen atoms in total. The van der Waals surface area contributed by atoms with Gasteiger partial charge in [0.15, 0.2) is 11.0 Å². The number of aromatic nitrogens is 3. The van der Waals surface area contributed by atoms with Crippen molar-refractivity contribution in [2.45, 2.75) is 37.9 Å². The Morgan fingerprint density at radius 3 is 2.40 bits per heavy atom. The van der Waals surface area contributed by atoms with Crippen LogP contribution in [0.25, 0.3) is 0 Å². The van der Waals surface area contributed by atoms with E-state index >= 15 is 0 Å². The van der Waals surface area contributed by atoms with Crippen LogP contribution in [0.5, 0.6) is 5.75 Å². The molecule has 0 unspecified atom stereocenters. The van der Waals surface area contributed by atoms with Gasteiger partial charge in [0, 0.05) is 0 Å². The zero-order valence-electron chi connectivity index (χ0n) is 12.3. The smallest absolute Gasteiger partial charge is 0.190 e. The molecule has 0 saturated heterocycles. The highest BCUT2D eigenvalue weighted by Crippen LogP contribution is 2.24. The van der Waals surface area contributed by atoms with Gasteiger partial charge in [0.05, 0.1) is 0 Å². The van der Waals surface area contributed by atoms with Crippen LogP contribution in [0.4, 0.5) is 0 Å². The summed E-state index contributed by atoms with van der Waals surface area (Å²) >= 11 is 1.49. The molecule has 0 N–H and O–H groups in total. The fourth-order valence-electron chi connectivity index (χ4n) is 1.68. The first-order chi connectivity index (χ1) is 9.49. The SMILES string of the molecule is CSc1ncnc(COc2ccc(C(C)(C)C)cc2)n1. The van der Waals surface area contributed by atoms with Gasteiger partial charge < -0.3 is 4.74 Å². The van der Waals surface area contributed by atoms with Crippen molar-refractivity contribution >= 4 is 11.8 Å². The fraction of sp³-hybridized carbons (Fsp3) is 0.400. The van der Waals surface area contributed by atoms with Gasteiger partial charge in [-0.1, -0.05) is 44.7 Å². The molecule has 0 aliphatic heterocycles. The van der Waals surface area contributed by atoms with Crippen LogP contribution in [-0.2, 0) is 12.0 Å². The molecule has 0 atom stereocenters.